The second-order valence-electron chi connectivity index (χ2n) is 5.85. The van der Waals surface area contributed by atoms with Crippen LogP contribution in [-0.4, -0.2) is 23.2 Å². The maximum Gasteiger partial charge on any atom is 0.253 e. The molecule has 0 atom stereocenters. The summed E-state index contributed by atoms with van der Waals surface area (Å²) in [6, 6.07) is 17.0. The minimum absolute atomic E-state index is 0.159. The lowest BCUT2D eigenvalue weighted by molar-refractivity contribution is 0.0952. The minimum atomic E-state index is -0.159. The van der Waals surface area contributed by atoms with E-state index >= 15 is 0 Å². The number of para-hydroxylation sites is 1. The van der Waals surface area contributed by atoms with Crippen LogP contribution in [0, 0.1) is 0 Å². The number of benzene rings is 2. The molecule has 2 heterocycles. The number of hydrogen-bond donors (Lipinski definition) is 2. The maximum atomic E-state index is 12.4. The van der Waals surface area contributed by atoms with Crippen molar-refractivity contribution in [3.63, 3.8) is 0 Å². The van der Waals surface area contributed by atoms with E-state index in [1.54, 1.807) is 13.3 Å². The molecule has 4 rings (SSSR count). The van der Waals surface area contributed by atoms with Crippen LogP contribution in [0.3, 0.4) is 0 Å². The summed E-state index contributed by atoms with van der Waals surface area (Å²) in [5.41, 5.74) is 3.05. The number of methoxy groups -OCH3 is 1. The Balaban J connectivity index is 1.47. The van der Waals surface area contributed by atoms with E-state index in [-0.39, 0.29) is 12.5 Å². The summed E-state index contributed by atoms with van der Waals surface area (Å²) in [6.45, 7) is 0.284. The molecule has 0 fully saturated rings. The Morgan fingerprint density at radius 3 is 2.96 bits per heavy atom. The van der Waals surface area contributed by atoms with Crippen molar-refractivity contribution in [1.29, 1.82) is 0 Å². The fourth-order valence-electron chi connectivity index (χ4n) is 2.83. The number of ether oxygens (including phenoxy) is 1. The second-order valence-corrected chi connectivity index (χ2v) is 5.85. The van der Waals surface area contributed by atoms with Gasteiger partial charge in [0, 0.05) is 28.7 Å². The molecule has 0 aliphatic rings. The lowest BCUT2D eigenvalue weighted by Crippen LogP contribution is -2.22. The molecule has 130 valence electrons. The highest BCUT2D eigenvalue weighted by Crippen LogP contribution is 2.24. The minimum Gasteiger partial charge on any atom is -0.497 e. The SMILES string of the molecule is COc1cccc(-c2cc(CNC(=O)c3c[nH]c4ccccc34)no2)c1. The number of nitrogens with one attached hydrogen (secondary N) is 2. The van der Waals surface area contributed by atoms with Crippen LogP contribution in [0.25, 0.3) is 22.2 Å². The summed E-state index contributed by atoms with van der Waals surface area (Å²) in [4.78, 5) is 15.5. The highest BCUT2D eigenvalue weighted by Gasteiger charge is 2.13. The molecular formula is C20H17N3O3. The van der Waals surface area contributed by atoms with E-state index in [9.17, 15) is 4.79 Å². The first-order valence-electron chi connectivity index (χ1n) is 8.19. The van der Waals surface area contributed by atoms with Gasteiger partial charge in [0.2, 0.25) is 0 Å². The summed E-state index contributed by atoms with van der Waals surface area (Å²) in [7, 11) is 1.62. The largest absolute Gasteiger partial charge is 0.497 e. The molecule has 0 bridgehead atoms. The van der Waals surface area contributed by atoms with Gasteiger partial charge in [-0.3, -0.25) is 4.79 Å². The first-order chi connectivity index (χ1) is 12.7. The van der Waals surface area contributed by atoms with Crippen LogP contribution >= 0.6 is 0 Å². The van der Waals surface area contributed by atoms with Crippen LogP contribution < -0.4 is 10.1 Å². The van der Waals surface area contributed by atoms with Gasteiger partial charge in [-0.15, -0.1) is 0 Å². The van der Waals surface area contributed by atoms with Crippen LogP contribution in [0.5, 0.6) is 5.75 Å². The van der Waals surface area contributed by atoms with Crippen LogP contribution in [0.2, 0.25) is 0 Å². The zero-order valence-electron chi connectivity index (χ0n) is 14.2. The van der Waals surface area contributed by atoms with Crippen molar-refractivity contribution in [2.45, 2.75) is 6.54 Å². The lowest BCUT2D eigenvalue weighted by atomic mass is 10.1. The van der Waals surface area contributed by atoms with E-state index in [1.807, 2.05) is 54.6 Å². The van der Waals surface area contributed by atoms with Crippen LogP contribution in [0.1, 0.15) is 16.1 Å². The molecule has 26 heavy (non-hydrogen) atoms. The number of hydrogen-bond acceptors (Lipinski definition) is 4. The van der Waals surface area contributed by atoms with Crippen LogP contribution in [0.15, 0.2) is 65.3 Å². The number of rotatable bonds is 5. The molecule has 6 heteroatoms. The topological polar surface area (TPSA) is 80.1 Å². The third-order valence-corrected chi connectivity index (χ3v) is 4.18. The number of H-pyrrole nitrogens is 1. The molecule has 2 N–H and O–H groups in total. The summed E-state index contributed by atoms with van der Waals surface area (Å²) in [5.74, 6) is 1.21. The van der Waals surface area contributed by atoms with Crippen molar-refractivity contribution < 1.29 is 14.1 Å². The highest BCUT2D eigenvalue weighted by molar-refractivity contribution is 6.06. The Labute approximate surface area is 149 Å². The van der Waals surface area contributed by atoms with Crippen molar-refractivity contribution in [2.24, 2.45) is 0 Å². The molecule has 0 aliphatic carbocycles. The number of aromatic amines is 1. The van der Waals surface area contributed by atoms with E-state index in [1.165, 1.54) is 0 Å². The predicted octanol–water partition coefficient (Wildman–Crippen LogP) is 3.76. The Kier molecular flexibility index (Phi) is 4.15. The van der Waals surface area contributed by atoms with Gasteiger partial charge in [0.15, 0.2) is 5.76 Å². The normalized spacial score (nSPS) is 10.8. The zero-order chi connectivity index (χ0) is 17.9. The third kappa shape index (κ3) is 3.04. The zero-order valence-corrected chi connectivity index (χ0v) is 14.2. The molecule has 2 aromatic heterocycles. The van der Waals surface area contributed by atoms with Crippen LogP contribution in [-0.2, 0) is 6.54 Å². The average molecular weight is 347 g/mol. The number of carbonyl (C=O) groups is 1. The highest BCUT2D eigenvalue weighted by atomic mass is 16.5. The number of fused-ring (bicyclic) bond motifs is 1. The lowest BCUT2D eigenvalue weighted by Gasteiger charge is -2.01. The van der Waals surface area contributed by atoms with E-state index in [2.05, 4.69) is 15.5 Å². The second kappa shape index (κ2) is 6.76. The number of amides is 1. The summed E-state index contributed by atoms with van der Waals surface area (Å²) >= 11 is 0. The monoisotopic (exact) mass is 347 g/mol. The number of carbonyl (C=O) groups excluding carboxylic acids is 1. The predicted molar refractivity (Wildman–Crippen MR) is 98.0 cm³/mol. The van der Waals surface area contributed by atoms with E-state index < -0.39 is 0 Å². The first kappa shape index (κ1) is 16.0. The molecular weight excluding hydrogens is 330 g/mol. The molecule has 0 aliphatic heterocycles. The molecule has 6 nitrogen and oxygen atoms in total. The van der Waals surface area contributed by atoms with Gasteiger partial charge in [0.25, 0.3) is 5.91 Å². The van der Waals surface area contributed by atoms with Crippen molar-refractivity contribution >= 4 is 16.8 Å². The van der Waals surface area contributed by atoms with Gasteiger partial charge in [0.1, 0.15) is 11.4 Å². The van der Waals surface area contributed by atoms with Crippen molar-refractivity contribution in [3.8, 4) is 17.1 Å². The van der Waals surface area contributed by atoms with Gasteiger partial charge >= 0.3 is 0 Å². The van der Waals surface area contributed by atoms with Crippen molar-refractivity contribution in [2.75, 3.05) is 7.11 Å². The molecule has 1 amide bonds. The summed E-state index contributed by atoms with van der Waals surface area (Å²) in [5, 5.41) is 7.79. The fourth-order valence-corrected chi connectivity index (χ4v) is 2.83. The van der Waals surface area contributed by atoms with Crippen molar-refractivity contribution in [1.82, 2.24) is 15.5 Å². The van der Waals surface area contributed by atoms with E-state index in [0.717, 1.165) is 22.2 Å². The van der Waals surface area contributed by atoms with Gasteiger partial charge < -0.3 is 19.6 Å². The number of nitrogens with zero attached hydrogens (tertiary/aromatic N) is 1. The maximum absolute atomic E-state index is 12.4. The standard InChI is InChI=1S/C20H17N3O3/c1-25-15-6-4-5-13(9-15)19-10-14(23-26-19)11-22-20(24)17-12-21-18-8-3-2-7-16(17)18/h2-10,12,21H,11H2,1H3,(H,22,24). The molecule has 0 saturated carbocycles. The Bertz CT molecular complexity index is 1060. The molecule has 0 saturated heterocycles. The summed E-state index contributed by atoms with van der Waals surface area (Å²) in [6.07, 6.45) is 1.71. The quantitative estimate of drug-likeness (QED) is 0.576. The smallest absolute Gasteiger partial charge is 0.253 e. The van der Waals surface area contributed by atoms with Gasteiger partial charge in [0.05, 0.1) is 19.2 Å². The Morgan fingerprint density at radius 1 is 1.19 bits per heavy atom. The molecule has 4 aromatic rings. The molecule has 0 radical (unpaired) electrons. The number of aromatic nitrogens is 2. The molecule has 0 spiro atoms. The van der Waals surface area contributed by atoms with Gasteiger partial charge in [-0.05, 0) is 18.2 Å². The Hall–Kier alpha value is -3.54. The fraction of sp³-hybridized carbons (Fsp3) is 0.100. The van der Waals surface area contributed by atoms with Gasteiger partial charge in [-0.2, -0.15) is 0 Å². The van der Waals surface area contributed by atoms with Gasteiger partial charge in [-0.25, -0.2) is 0 Å². The summed E-state index contributed by atoms with van der Waals surface area (Å²) < 4.78 is 10.6. The molecule has 0 unspecified atom stereocenters. The van der Waals surface area contributed by atoms with E-state index in [4.69, 9.17) is 9.26 Å². The average Bonchev–Trinajstić information content (AvgIpc) is 3.33. The van der Waals surface area contributed by atoms with Crippen molar-refractivity contribution in [3.05, 3.63) is 72.1 Å². The third-order valence-electron chi connectivity index (χ3n) is 4.18. The van der Waals surface area contributed by atoms with Gasteiger partial charge in [-0.1, -0.05) is 35.5 Å². The first-order valence-corrected chi connectivity index (χ1v) is 8.19. The molecule has 2 aromatic carbocycles. The van der Waals surface area contributed by atoms with E-state index in [0.29, 0.717) is 17.0 Å². The van der Waals surface area contributed by atoms with Crippen LogP contribution in [0.4, 0.5) is 0 Å². The Morgan fingerprint density at radius 2 is 2.08 bits per heavy atom.